The molecular formula is C18H24ClN3O4S2. The second kappa shape index (κ2) is 9.02. The number of ether oxygens (including phenoxy) is 1. The molecule has 1 fully saturated rings. The van der Waals surface area contributed by atoms with Gasteiger partial charge in [0.2, 0.25) is 5.91 Å². The number of carbonyl (C=O) groups excluding carboxylic acids is 1. The van der Waals surface area contributed by atoms with Crippen LogP contribution < -0.4 is 0 Å². The highest BCUT2D eigenvalue weighted by atomic mass is 35.5. The minimum atomic E-state index is -3.03. The zero-order valence-corrected chi connectivity index (χ0v) is 18.3. The predicted molar refractivity (Wildman–Crippen MR) is 112 cm³/mol. The number of rotatable bonds is 8. The van der Waals surface area contributed by atoms with E-state index in [1.165, 1.54) is 11.8 Å². The van der Waals surface area contributed by atoms with Gasteiger partial charge in [-0.1, -0.05) is 23.4 Å². The first-order chi connectivity index (χ1) is 13.3. The van der Waals surface area contributed by atoms with E-state index in [2.05, 4.69) is 4.98 Å². The minimum absolute atomic E-state index is 0.0576. The van der Waals surface area contributed by atoms with Gasteiger partial charge in [-0.15, -0.1) is 0 Å². The molecule has 0 aliphatic carbocycles. The van der Waals surface area contributed by atoms with Crippen molar-refractivity contribution in [2.75, 3.05) is 37.5 Å². The Hall–Kier alpha value is -1.29. The Morgan fingerprint density at radius 3 is 2.89 bits per heavy atom. The molecule has 7 nitrogen and oxygen atoms in total. The number of aromatic nitrogens is 2. The van der Waals surface area contributed by atoms with Crippen LogP contribution in [0.4, 0.5) is 0 Å². The molecule has 0 spiro atoms. The van der Waals surface area contributed by atoms with Crippen LogP contribution in [0.2, 0.25) is 5.02 Å². The maximum absolute atomic E-state index is 12.8. The normalized spacial score (nSPS) is 18.6. The molecule has 2 aromatic rings. The van der Waals surface area contributed by atoms with E-state index in [0.717, 1.165) is 16.2 Å². The van der Waals surface area contributed by atoms with Crippen molar-refractivity contribution in [3.8, 4) is 0 Å². The highest BCUT2D eigenvalue weighted by Crippen LogP contribution is 2.27. The van der Waals surface area contributed by atoms with Gasteiger partial charge in [0, 0.05) is 31.3 Å². The molecule has 1 saturated heterocycles. The van der Waals surface area contributed by atoms with E-state index < -0.39 is 9.84 Å². The molecule has 28 heavy (non-hydrogen) atoms. The number of sulfone groups is 1. The van der Waals surface area contributed by atoms with Gasteiger partial charge < -0.3 is 14.2 Å². The van der Waals surface area contributed by atoms with Gasteiger partial charge in [0.1, 0.15) is 0 Å². The third-order valence-electron chi connectivity index (χ3n) is 4.83. The Morgan fingerprint density at radius 2 is 2.25 bits per heavy atom. The third kappa shape index (κ3) is 4.82. The van der Waals surface area contributed by atoms with E-state index >= 15 is 0 Å². The summed E-state index contributed by atoms with van der Waals surface area (Å²) in [5, 5.41) is 1.33. The molecule has 10 heteroatoms. The van der Waals surface area contributed by atoms with Crippen molar-refractivity contribution in [1.82, 2.24) is 14.5 Å². The predicted octanol–water partition coefficient (Wildman–Crippen LogP) is 2.46. The number of carbonyl (C=O) groups is 1. The van der Waals surface area contributed by atoms with Crippen molar-refractivity contribution in [1.29, 1.82) is 0 Å². The molecule has 1 amide bonds. The fourth-order valence-corrected chi connectivity index (χ4v) is 6.28. The molecule has 0 saturated carbocycles. The summed E-state index contributed by atoms with van der Waals surface area (Å²) in [6.07, 6.45) is 0.511. The Morgan fingerprint density at radius 1 is 1.46 bits per heavy atom. The quantitative estimate of drug-likeness (QED) is 0.580. The largest absolute Gasteiger partial charge is 0.383 e. The average molecular weight is 446 g/mol. The van der Waals surface area contributed by atoms with E-state index in [1.807, 2.05) is 23.6 Å². The summed E-state index contributed by atoms with van der Waals surface area (Å²) in [6.45, 7) is 3.51. The lowest BCUT2D eigenvalue weighted by atomic mass is 10.2. The van der Waals surface area contributed by atoms with E-state index in [-0.39, 0.29) is 29.2 Å². The Labute approximate surface area is 174 Å². The van der Waals surface area contributed by atoms with Crippen molar-refractivity contribution >= 4 is 50.1 Å². The maximum Gasteiger partial charge on any atom is 0.233 e. The van der Waals surface area contributed by atoms with Crippen LogP contribution in [0.25, 0.3) is 11.0 Å². The highest BCUT2D eigenvalue weighted by molar-refractivity contribution is 7.99. The Kier molecular flexibility index (Phi) is 6.90. The summed E-state index contributed by atoms with van der Waals surface area (Å²) in [4.78, 5) is 19.1. The minimum Gasteiger partial charge on any atom is -0.383 e. The average Bonchev–Trinajstić information content (AvgIpc) is 3.17. The molecule has 1 atom stereocenters. The molecule has 3 rings (SSSR count). The highest BCUT2D eigenvalue weighted by Gasteiger charge is 2.33. The molecule has 0 bridgehead atoms. The topological polar surface area (TPSA) is 81.5 Å². The number of hydrogen-bond acceptors (Lipinski definition) is 6. The summed E-state index contributed by atoms with van der Waals surface area (Å²) in [7, 11) is -1.39. The number of hydrogen-bond donors (Lipinski definition) is 0. The fraction of sp³-hybridized carbons (Fsp3) is 0.556. The maximum atomic E-state index is 12.8. The zero-order chi connectivity index (χ0) is 20.3. The van der Waals surface area contributed by atoms with Crippen molar-refractivity contribution in [2.24, 2.45) is 0 Å². The second-order valence-corrected chi connectivity index (χ2v) is 10.3. The summed E-state index contributed by atoms with van der Waals surface area (Å²) < 4.78 is 30.7. The summed E-state index contributed by atoms with van der Waals surface area (Å²) in [5.41, 5.74) is 1.71. The molecule has 0 N–H and O–H groups in total. The van der Waals surface area contributed by atoms with Crippen LogP contribution in [0.3, 0.4) is 0 Å². The van der Waals surface area contributed by atoms with Gasteiger partial charge in [0.25, 0.3) is 0 Å². The Balaban J connectivity index is 1.75. The van der Waals surface area contributed by atoms with Gasteiger partial charge in [-0.2, -0.15) is 0 Å². The molecule has 1 aliphatic heterocycles. The van der Waals surface area contributed by atoms with Crippen LogP contribution in [0.5, 0.6) is 0 Å². The second-order valence-electron chi connectivity index (χ2n) is 6.70. The summed E-state index contributed by atoms with van der Waals surface area (Å²) >= 11 is 7.43. The number of thioether (sulfide) groups is 1. The number of benzene rings is 1. The number of methoxy groups -OCH3 is 1. The molecule has 154 valence electrons. The lowest BCUT2D eigenvalue weighted by Gasteiger charge is -2.26. The molecule has 1 unspecified atom stereocenters. The summed E-state index contributed by atoms with van der Waals surface area (Å²) in [6, 6.07) is 5.30. The van der Waals surface area contributed by atoms with Crippen molar-refractivity contribution < 1.29 is 17.9 Å². The number of amides is 1. The van der Waals surface area contributed by atoms with Crippen LogP contribution in [0.15, 0.2) is 23.4 Å². The van der Waals surface area contributed by atoms with Gasteiger partial charge in [-0.05, 0) is 31.5 Å². The third-order valence-corrected chi connectivity index (χ3v) is 7.78. The van der Waals surface area contributed by atoms with Gasteiger partial charge in [0.05, 0.1) is 34.9 Å². The molecule has 1 aromatic heterocycles. The Bertz CT molecular complexity index is 961. The molecular weight excluding hydrogens is 422 g/mol. The number of fused-ring (bicyclic) bond motifs is 1. The first-order valence-corrected chi connectivity index (χ1v) is 12.3. The van der Waals surface area contributed by atoms with Gasteiger partial charge in [-0.3, -0.25) is 4.79 Å². The van der Waals surface area contributed by atoms with Gasteiger partial charge >= 0.3 is 0 Å². The summed E-state index contributed by atoms with van der Waals surface area (Å²) in [5.74, 6) is 0.344. The van der Waals surface area contributed by atoms with E-state index in [0.29, 0.717) is 31.1 Å². The van der Waals surface area contributed by atoms with E-state index in [9.17, 15) is 13.2 Å². The molecule has 0 radical (unpaired) electrons. The lowest BCUT2D eigenvalue weighted by Crippen LogP contribution is -2.42. The fourth-order valence-electron chi connectivity index (χ4n) is 3.46. The van der Waals surface area contributed by atoms with Crippen molar-refractivity contribution in [3.05, 3.63) is 23.2 Å². The van der Waals surface area contributed by atoms with Gasteiger partial charge in [0.15, 0.2) is 15.0 Å². The zero-order valence-electron chi connectivity index (χ0n) is 15.9. The molecule has 1 aliphatic rings. The first-order valence-electron chi connectivity index (χ1n) is 9.12. The van der Waals surface area contributed by atoms with Gasteiger partial charge in [-0.25, -0.2) is 13.4 Å². The van der Waals surface area contributed by atoms with Crippen LogP contribution >= 0.6 is 23.4 Å². The number of imidazole rings is 1. The first kappa shape index (κ1) is 21.4. The van der Waals surface area contributed by atoms with Crippen molar-refractivity contribution in [3.63, 3.8) is 0 Å². The monoisotopic (exact) mass is 445 g/mol. The SMILES string of the molecule is CCN(C(=O)CSc1nc2cc(Cl)ccc2n1CCOC)C1CCS(=O)(=O)C1. The number of halogens is 1. The number of nitrogens with zero attached hydrogens (tertiary/aromatic N) is 3. The van der Waals surface area contributed by atoms with E-state index in [4.69, 9.17) is 16.3 Å². The lowest BCUT2D eigenvalue weighted by molar-refractivity contribution is -0.129. The smallest absolute Gasteiger partial charge is 0.233 e. The van der Waals surface area contributed by atoms with Crippen molar-refractivity contribution in [2.45, 2.75) is 31.1 Å². The standard InChI is InChI=1S/C18H24ClN3O4S2/c1-3-21(14-6-9-28(24,25)12-14)17(23)11-27-18-20-15-10-13(19)4-5-16(15)22(18)7-8-26-2/h4-5,10,14H,3,6-9,11-12H2,1-2H3. The van der Waals surface area contributed by atoms with Crippen LogP contribution in [-0.2, 0) is 25.9 Å². The van der Waals surface area contributed by atoms with Crippen LogP contribution in [-0.4, -0.2) is 72.3 Å². The molecule has 2 heterocycles. The van der Waals surface area contributed by atoms with Crippen LogP contribution in [0.1, 0.15) is 13.3 Å². The van der Waals surface area contributed by atoms with E-state index in [1.54, 1.807) is 18.1 Å². The molecule has 1 aromatic carbocycles. The van der Waals surface area contributed by atoms with Crippen LogP contribution in [0, 0.1) is 0 Å².